The molecule has 2 atom stereocenters. The van der Waals surface area contributed by atoms with Crippen molar-refractivity contribution in [3.05, 3.63) is 12.7 Å². The van der Waals surface area contributed by atoms with Gasteiger partial charge in [0.1, 0.15) is 0 Å². The Morgan fingerprint density at radius 3 is 2.65 bits per heavy atom. The lowest BCUT2D eigenvalue weighted by molar-refractivity contribution is -0.0922. The summed E-state index contributed by atoms with van der Waals surface area (Å²) < 4.78 is 5.41. The highest BCUT2D eigenvalue weighted by Gasteiger charge is 2.48. The predicted molar refractivity (Wildman–Crippen MR) is 83.1 cm³/mol. The third-order valence-electron chi connectivity index (χ3n) is 3.41. The monoisotopic (exact) mass is 353 g/mol. The Kier molecular flexibility index (Phi) is 7.08. The van der Waals surface area contributed by atoms with Crippen LogP contribution < -0.4 is 10.6 Å². The Hall–Kier alpha value is -0.300. The first-order valence-corrected chi connectivity index (χ1v) is 5.67. The summed E-state index contributed by atoms with van der Waals surface area (Å²) in [5.41, 5.74) is 0.153. The second-order valence-electron chi connectivity index (χ2n) is 4.72. The molecule has 17 heavy (non-hydrogen) atoms. The molecule has 1 fully saturated rings. The van der Waals surface area contributed by atoms with E-state index < -0.39 is 0 Å². The van der Waals surface area contributed by atoms with E-state index in [1.54, 1.807) is 14.2 Å². The summed E-state index contributed by atoms with van der Waals surface area (Å²) in [4.78, 5) is 4.17. The molecule has 1 aliphatic carbocycles. The van der Waals surface area contributed by atoms with Gasteiger partial charge in [0.05, 0.1) is 6.10 Å². The van der Waals surface area contributed by atoms with Crippen molar-refractivity contribution < 1.29 is 4.74 Å². The smallest absolute Gasteiger partial charge is 0.191 e. The molecule has 0 aromatic heterocycles. The number of nitrogens with one attached hydrogen (secondary N) is 2. The van der Waals surface area contributed by atoms with E-state index in [-0.39, 0.29) is 29.4 Å². The van der Waals surface area contributed by atoms with Crippen molar-refractivity contribution in [1.82, 2.24) is 10.6 Å². The Morgan fingerprint density at radius 2 is 2.24 bits per heavy atom. The second kappa shape index (κ2) is 7.20. The van der Waals surface area contributed by atoms with E-state index in [0.29, 0.717) is 12.1 Å². The number of rotatable bonds is 4. The van der Waals surface area contributed by atoms with Gasteiger partial charge in [-0.3, -0.25) is 4.99 Å². The Labute approximate surface area is 121 Å². The van der Waals surface area contributed by atoms with Crippen LogP contribution >= 0.6 is 24.0 Å². The van der Waals surface area contributed by atoms with Crippen LogP contribution in [0.4, 0.5) is 0 Å². The van der Waals surface area contributed by atoms with Crippen LogP contribution in [0, 0.1) is 5.41 Å². The van der Waals surface area contributed by atoms with Crippen molar-refractivity contribution in [3.63, 3.8) is 0 Å². The van der Waals surface area contributed by atoms with Crippen LogP contribution in [0.1, 0.15) is 20.3 Å². The number of hydrogen-bond donors (Lipinski definition) is 2. The molecule has 0 bridgehead atoms. The van der Waals surface area contributed by atoms with Crippen molar-refractivity contribution in [2.75, 3.05) is 20.7 Å². The zero-order valence-corrected chi connectivity index (χ0v) is 13.4. The molecule has 0 amide bonds. The molecule has 0 spiro atoms. The SMILES string of the molecule is C=CCNC(=NC)NC1CC(OC)C1(C)C.I. The molecular formula is C12H24IN3O. The molecule has 100 valence electrons. The molecule has 4 nitrogen and oxygen atoms in total. The van der Waals surface area contributed by atoms with E-state index >= 15 is 0 Å². The minimum atomic E-state index is 0. The molecule has 1 saturated carbocycles. The molecule has 0 radical (unpaired) electrons. The number of hydrogen-bond acceptors (Lipinski definition) is 2. The first-order chi connectivity index (χ1) is 7.56. The van der Waals surface area contributed by atoms with Gasteiger partial charge in [-0.15, -0.1) is 30.6 Å². The van der Waals surface area contributed by atoms with E-state index in [1.165, 1.54) is 0 Å². The number of aliphatic imine (C=N–C) groups is 1. The van der Waals surface area contributed by atoms with Crippen molar-refractivity contribution in [2.24, 2.45) is 10.4 Å². The van der Waals surface area contributed by atoms with Crippen LogP contribution in [0.25, 0.3) is 0 Å². The van der Waals surface area contributed by atoms with Crippen LogP contribution in [0.15, 0.2) is 17.6 Å². The number of halogens is 1. The molecule has 5 heteroatoms. The first kappa shape index (κ1) is 16.7. The third kappa shape index (κ3) is 3.84. The average Bonchev–Trinajstić information content (AvgIpc) is 2.27. The number of ether oxygens (including phenoxy) is 1. The molecule has 1 rings (SSSR count). The molecule has 0 aliphatic heterocycles. The van der Waals surface area contributed by atoms with Crippen LogP contribution in [-0.4, -0.2) is 38.8 Å². The lowest BCUT2D eigenvalue weighted by atomic mass is 9.64. The lowest BCUT2D eigenvalue weighted by Gasteiger charge is -2.51. The maximum atomic E-state index is 5.41. The highest BCUT2D eigenvalue weighted by molar-refractivity contribution is 14.0. The second-order valence-corrected chi connectivity index (χ2v) is 4.72. The summed E-state index contributed by atoms with van der Waals surface area (Å²) in [7, 11) is 3.55. The standard InChI is InChI=1S/C12H23N3O.HI/c1-6-7-14-11(13-4)15-9-8-10(16-5)12(9,2)3;/h6,9-10H,1,7-8H2,2-5H3,(H2,13,14,15);1H. The number of guanidine groups is 1. The molecular weight excluding hydrogens is 329 g/mol. The predicted octanol–water partition coefficient (Wildman–Crippen LogP) is 1.77. The maximum Gasteiger partial charge on any atom is 0.191 e. The first-order valence-electron chi connectivity index (χ1n) is 5.67. The van der Waals surface area contributed by atoms with Crippen molar-refractivity contribution in [3.8, 4) is 0 Å². The minimum Gasteiger partial charge on any atom is -0.381 e. The number of nitrogens with zero attached hydrogens (tertiary/aromatic N) is 1. The van der Waals surface area contributed by atoms with E-state index in [1.807, 2.05) is 6.08 Å². The summed E-state index contributed by atoms with van der Waals surface area (Å²) in [5, 5.41) is 6.57. The van der Waals surface area contributed by atoms with Crippen molar-refractivity contribution in [1.29, 1.82) is 0 Å². The van der Waals surface area contributed by atoms with E-state index in [2.05, 4.69) is 36.1 Å². The Balaban J connectivity index is 0.00000256. The van der Waals surface area contributed by atoms with E-state index in [0.717, 1.165) is 18.9 Å². The van der Waals surface area contributed by atoms with Crippen LogP contribution in [0.3, 0.4) is 0 Å². The number of methoxy groups -OCH3 is 1. The van der Waals surface area contributed by atoms with Gasteiger partial charge in [-0.05, 0) is 6.42 Å². The molecule has 2 N–H and O–H groups in total. The lowest BCUT2D eigenvalue weighted by Crippen LogP contribution is -2.63. The van der Waals surface area contributed by atoms with Crippen LogP contribution in [0.2, 0.25) is 0 Å². The van der Waals surface area contributed by atoms with Gasteiger partial charge >= 0.3 is 0 Å². The zero-order valence-electron chi connectivity index (χ0n) is 11.1. The zero-order chi connectivity index (χ0) is 12.2. The van der Waals surface area contributed by atoms with Gasteiger partial charge < -0.3 is 15.4 Å². The highest BCUT2D eigenvalue weighted by atomic mass is 127. The summed E-state index contributed by atoms with van der Waals surface area (Å²) in [6.07, 6.45) is 3.18. The molecule has 0 aromatic rings. The van der Waals surface area contributed by atoms with Gasteiger partial charge in [-0.2, -0.15) is 0 Å². The minimum absolute atomic E-state index is 0. The maximum absolute atomic E-state index is 5.41. The highest BCUT2D eigenvalue weighted by Crippen LogP contribution is 2.42. The van der Waals surface area contributed by atoms with E-state index in [4.69, 9.17) is 4.74 Å². The van der Waals surface area contributed by atoms with Crippen molar-refractivity contribution >= 4 is 29.9 Å². The van der Waals surface area contributed by atoms with Gasteiger partial charge in [0.25, 0.3) is 0 Å². The van der Waals surface area contributed by atoms with Gasteiger partial charge in [-0.1, -0.05) is 19.9 Å². The summed E-state index contributed by atoms with van der Waals surface area (Å²) in [6, 6.07) is 0.411. The molecule has 0 heterocycles. The van der Waals surface area contributed by atoms with Crippen LogP contribution in [0.5, 0.6) is 0 Å². The average molecular weight is 353 g/mol. The molecule has 2 unspecified atom stereocenters. The topological polar surface area (TPSA) is 45.7 Å². The quantitative estimate of drug-likeness (QED) is 0.351. The van der Waals surface area contributed by atoms with Gasteiger partial charge in [0.15, 0.2) is 5.96 Å². The normalized spacial score (nSPS) is 26.5. The fourth-order valence-corrected chi connectivity index (χ4v) is 2.06. The molecule has 0 aromatic carbocycles. The fraction of sp³-hybridized carbons (Fsp3) is 0.750. The molecule has 1 aliphatic rings. The summed E-state index contributed by atoms with van der Waals surface area (Å²) >= 11 is 0. The van der Waals surface area contributed by atoms with E-state index in [9.17, 15) is 0 Å². The van der Waals surface area contributed by atoms with Gasteiger partial charge in [0.2, 0.25) is 0 Å². The Morgan fingerprint density at radius 1 is 1.59 bits per heavy atom. The Bertz CT molecular complexity index is 279. The summed E-state index contributed by atoms with van der Waals surface area (Å²) in [5.74, 6) is 0.826. The third-order valence-corrected chi connectivity index (χ3v) is 3.41. The van der Waals surface area contributed by atoms with Crippen LogP contribution in [-0.2, 0) is 4.74 Å². The largest absolute Gasteiger partial charge is 0.381 e. The molecule has 0 saturated heterocycles. The van der Waals surface area contributed by atoms with Gasteiger partial charge in [-0.25, -0.2) is 0 Å². The summed E-state index contributed by atoms with van der Waals surface area (Å²) in [6.45, 7) is 8.81. The fourth-order valence-electron chi connectivity index (χ4n) is 2.06. The van der Waals surface area contributed by atoms with Crippen molar-refractivity contribution in [2.45, 2.75) is 32.4 Å². The van der Waals surface area contributed by atoms with Gasteiger partial charge in [0, 0.05) is 32.2 Å².